The number of rotatable bonds is 9. The van der Waals surface area contributed by atoms with Crippen LogP contribution in [0.15, 0.2) is 58.3 Å². The molecule has 0 aliphatic carbocycles. The third-order valence-corrected chi connectivity index (χ3v) is 6.24. The molecule has 0 saturated heterocycles. The molecular weight excluding hydrogens is 501 g/mol. The van der Waals surface area contributed by atoms with Crippen LogP contribution in [0, 0.1) is 0 Å². The summed E-state index contributed by atoms with van der Waals surface area (Å²) in [6.45, 7) is 0.172. The number of aromatic nitrogens is 2. The fourth-order valence-electron chi connectivity index (χ4n) is 2.88. The molecule has 0 spiro atoms. The van der Waals surface area contributed by atoms with Gasteiger partial charge in [0.2, 0.25) is 4.80 Å². The van der Waals surface area contributed by atoms with E-state index in [-0.39, 0.29) is 11.3 Å². The molecule has 1 aromatic heterocycles. The Morgan fingerprint density at radius 2 is 1.68 bits per heavy atom. The van der Waals surface area contributed by atoms with E-state index in [1.54, 1.807) is 36.4 Å². The highest BCUT2D eigenvalue weighted by Gasteiger charge is 2.17. The predicted molar refractivity (Wildman–Crippen MR) is 131 cm³/mol. The van der Waals surface area contributed by atoms with E-state index in [0.717, 1.165) is 21.7 Å². The Balaban J connectivity index is 1.92. The molecule has 1 amide bonds. The molecule has 180 valence electrons. The highest BCUT2D eigenvalue weighted by atomic mass is 35.5. The van der Waals surface area contributed by atoms with Crippen LogP contribution in [0.25, 0.3) is 0 Å². The standard InChI is InChI=1S/C22H23Cl2N5O4S/c23-16-7-3-14(4-8-16)12-29-22(32)28(13-33-20(31)18(26)2-1-11-25)21(34-29)27-19(30)15-5-9-17(24)10-6-15/h3-10,18H,1-2,11-13,25-26H2. The molecule has 0 saturated carbocycles. The van der Waals surface area contributed by atoms with Crippen LogP contribution < -0.4 is 22.0 Å². The van der Waals surface area contributed by atoms with Crippen LogP contribution >= 0.6 is 34.7 Å². The largest absolute Gasteiger partial charge is 0.442 e. The van der Waals surface area contributed by atoms with Gasteiger partial charge in [-0.2, -0.15) is 4.99 Å². The van der Waals surface area contributed by atoms with Crippen LogP contribution in [0.4, 0.5) is 0 Å². The lowest BCUT2D eigenvalue weighted by Gasteiger charge is -2.10. The summed E-state index contributed by atoms with van der Waals surface area (Å²) in [6, 6.07) is 12.3. The SMILES string of the molecule is NCCCC(N)C(=O)OCn1c(=NC(=O)c2ccc(Cl)cc2)sn(Cc2ccc(Cl)cc2)c1=O. The monoisotopic (exact) mass is 523 g/mol. The third-order valence-electron chi connectivity index (χ3n) is 4.75. The van der Waals surface area contributed by atoms with Crippen molar-refractivity contribution >= 4 is 46.6 Å². The summed E-state index contributed by atoms with van der Waals surface area (Å²) in [5.74, 6) is -1.25. The van der Waals surface area contributed by atoms with Gasteiger partial charge in [0.05, 0.1) is 6.54 Å². The fourth-order valence-corrected chi connectivity index (χ4v) is 4.08. The molecule has 3 aromatic rings. The van der Waals surface area contributed by atoms with Crippen LogP contribution in [0.3, 0.4) is 0 Å². The number of hydrogen-bond acceptors (Lipinski definition) is 7. The van der Waals surface area contributed by atoms with E-state index in [0.29, 0.717) is 35.0 Å². The maximum absolute atomic E-state index is 13.1. The Morgan fingerprint density at radius 1 is 1.06 bits per heavy atom. The van der Waals surface area contributed by atoms with Gasteiger partial charge in [-0.3, -0.25) is 9.59 Å². The van der Waals surface area contributed by atoms with E-state index >= 15 is 0 Å². The van der Waals surface area contributed by atoms with Gasteiger partial charge in [-0.05, 0) is 72.9 Å². The number of amides is 1. The molecule has 0 aliphatic rings. The first-order chi connectivity index (χ1) is 16.3. The normalized spacial score (nSPS) is 12.5. The van der Waals surface area contributed by atoms with Crippen molar-refractivity contribution in [2.45, 2.75) is 32.2 Å². The molecule has 1 heterocycles. The van der Waals surface area contributed by atoms with Gasteiger partial charge in [-0.25, -0.2) is 13.3 Å². The summed E-state index contributed by atoms with van der Waals surface area (Å²) >= 11 is 12.8. The topological polar surface area (TPSA) is 135 Å². The second-order valence-corrected chi connectivity index (χ2v) is 9.16. The first-order valence-electron chi connectivity index (χ1n) is 10.3. The Hall–Kier alpha value is -2.76. The van der Waals surface area contributed by atoms with Gasteiger partial charge in [0.25, 0.3) is 5.91 Å². The minimum atomic E-state index is -0.866. The third kappa shape index (κ3) is 6.87. The second-order valence-electron chi connectivity index (χ2n) is 7.30. The van der Waals surface area contributed by atoms with Crippen molar-refractivity contribution in [3.8, 4) is 0 Å². The van der Waals surface area contributed by atoms with Gasteiger partial charge >= 0.3 is 11.7 Å². The van der Waals surface area contributed by atoms with Crippen molar-refractivity contribution in [1.29, 1.82) is 0 Å². The number of halogens is 2. The summed E-state index contributed by atoms with van der Waals surface area (Å²) in [7, 11) is 0. The molecule has 2 aromatic carbocycles. The van der Waals surface area contributed by atoms with Crippen molar-refractivity contribution in [2.75, 3.05) is 6.54 Å². The van der Waals surface area contributed by atoms with Crippen LogP contribution in [0.2, 0.25) is 10.0 Å². The minimum absolute atomic E-state index is 0.0715. The van der Waals surface area contributed by atoms with Crippen LogP contribution in [-0.4, -0.2) is 33.0 Å². The summed E-state index contributed by atoms with van der Waals surface area (Å²) < 4.78 is 7.75. The number of hydrogen-bond donors (Lipinski definition) is 2. The van der Waals surface area contributed by atoms with Gasteiger partial charge in [0.1, 0.15) is 6.04 Å². The fraction of sp³-hybridized carbons (Fsp3) is 0.273. The van der Waals surface area contributed by atoms with E-state index in [1.165, 1.54) is 16.1 Å². The summed E-state index contributed by atoms with van der Waals surface area (Å²) in [5.41, 5.74) is 11.9. The van der Waals surface area contributed by atoms with Gasteiger partial charge in [0.15, 0.2) is 6.73 Å². The van der Waals surface area contributed by atoms with Crippen molar-refractivity contribution in [3.05, 3.63) is 85.0 Å². The average Bonchev–Trinajstić information content (AvgIpc) is 3.11. The van der Waals surface area contributed by atoms with E-state index in [9.17, 15) is 14.4 Å². The summed E-state index contributed by atoms with van der Waals surface area (Å²) in [5, 5.41) is 1.04. The van der Waals surface area contributed by atoms with Crippen molar-refractivity contribution in [1.82, 2.24) is 8.52 Å². The molecule has 9 nitrogen and oxygen atoms in total. The Bertz CT molecular complexity index is 1270. The molecule has 34 heavy (non-hydrogen) atoms. The molecule has 1 atom stereocenters. The maximum atomic E-state index is 13.1. The number of carbonyl (C=O) groups excluding carboxylic acids is 2. The van der Waals surface area contributed by atoms with Crippen LogP contribution in [0.5, 0.6) is 0 Å². The molecule has 3 rings (SSSR count). The van der Waals surface area contributed by atoms with Crippen molar-refractivity contribution in [3.63, 3.8) is 0 Å². The maximum Gasteiger partial charge on any atom is 0.342 e. The number of esters is 1. The zero-order chi connectivity index (χ0) is 24.7. The van der Waals surface area contributed by atoms with E-state index in [4.69, 9.17) is 39.4 Å². The molecule has 0 bridgehead atoms. The van der Waals surface area contributed by atoms with Gasteiger partial charge in [0, 0.05) is 15.6 Å². The highest BCUT2D eigenvalue weighted by Crippen LogP contribution is 2.12. The van der Waals surface area contributed by atoms with E-state index in [1.807, 2.05) is 0 Å². The van der Waals surface area contributed by atoms with Crippen molar-refractivity contribution in [2.24, 2.45) is 16.5 Å². The number of nitrogens with two attached hydrogens (primary N) is 2. The van der Waals surface area contributed by atoms with E-state index in [2.05, 4.69) is 4.99 Å². The Kier molecular flexibility index (Phi) is 9.20. The van der Waals surface area contributed by atoms with Crippen LogP contribution in [0.1, 0.15) is 28.8 Å². The highest BCUT2D eigenvalue weighted by molar-refractivity contribution is 7.03. The zero-order valence-electron chi connectivity index (χ0n) is 18.0. The average molecular weight is 524 g/mol. The van der Waals surface area contributed by atoms with Gasteiger partial charge < -0.3 is 16.2 Å². The molecular formula is C22H23Cl2N5O4S. The lowest BCUT2D eigenvalue weighted by atomic mass is 10.2. The number of carbonyl (C=O) groups is 2. The van der Waals surface area contributed by atoms with Crippen LogP contribution in [-0.2, 0) is 22.8 Å². The molecule has 0 fully saturated rings. The summed E-state index contributed by atoms with van der Waals surface area (Å²) in [6.07, 6.45) is 0.919. The summed E-state index contributed by atoms with van der Waals surface area (Å²) in [4.78, 5) is 42.1. The molecule has 0 aliphatic heterocycles. The lowest BCUT2D eigenvalue weighted by molar-refractivity contribution is -0.149. The predicted octanol–water partition coefficient (Wildman–Crippen LogP) is 2.37. The molecule has 4 N–H and O–H groups in total. The first-order valence-corrected chi connectivity index (χ1v) is 11.8. The lowest BCUT2D eigenvalue weighted by Crippen LogP contribution is -2.37. The number of benzene rings is 2. The molecule has 12 heteroatoms. The minimum Gasteiger partial charge on any atom is -0.442 e. The quantitative estimate of drug-likeness (QED) is 0.413. The smallest absolute Gasteiger partial charge is 0.342 e. The van der Waals surface area contributed by atoms with Gasteiger partial charge in [-0.15, -0.1) is 0 Å². The molecule has 0 radical (unpaired) electrons. The second kappa shape index (κ2) is 12.1. The zero-order valence-corrected chi connectivity index (χ0v) is 20.4. The Morgan fingerprint density at radius 3 is 2.29 bits per heavy atom. The Labute approximate surface area is 209 Å². The number of ether oxygens (including phenoxy) is 1. The molecule has 1 unspecified atom stereocenters. The first kappa shape index (κ1) is 25.9. The number of nitrogens with zero attached hydrogens (tertiary/aromatic N) is 3. The van der Waals surface area contributed by atoms with E-state index < -0.39 is 30.3 Å². The van der Waals surface area contributed by atoms with Gasteiger partial charge in [-0.1, -0.05) is 35.3 Å². The van der Waals surface area contributed by atoms with Crippen molar-refractivity contribution < 1.29 is 14.3 Å².